The summed E-state index contributed by atoms with van der Waals surface area (Å²) in [5, 5.41) is 12.9. The van der Waals surface area contributed by atoms with E-state index >= 15 is 0 Å². The Kier molecular flexibility index (Phi) is 6.54. The van der Waals surface area contributed by atoms with E-state index < -0.39 is 23.8 Å². The molecule has 0 aliphatic carbocycles. The Hall–Kier alpha value is -2.48. The lowest BCUT2D eigenvalue weighted by Gasteiger charge is -2.23. The highest BCUT2D eigenvalue weighted by Crippen LogP contribution is 2.20. The van der Waals surface area contributed by atoms with Crippen molar-refractivity contribution in [1.29, 1.82) is 0 Å². The van der Waals surface area contributed by atoms with Crippen LogP contribution >= 0.6 is 0 Å². The van der Waals surface area contributed by atoms with Gasteiger partial charge in [-0.3, -0.25) is 4.79 Å². The van der Waals surface area contributed by atoms with Crippen LogP contribution in [0.25, 0.3) is 6.08 Å². The van der Waals surface area contributed by atoms with Gasteiger partial charge in [0.1, 0.15) is 17.5 Å². The van der Waals surface area contributed by atoms with E-state index in [1.54, 1.807) is 57.1 Å². The first-order valence-corrected chi connectivity index (χ1v) is 9.00. The molecule has 0 unspecified atom stereocenters. The number of rotatable bonds is 5. The van der Waals surface area contributed by atoms with E-state index in [4.69, 9.17) is 4.74 Å². The van der Waals surface area contributed by atoms with Crippen LogP contribution in [0.15, 0.2) is 18.5 Å². The molecule has 2 heterocycles. The Bertz CT molecular complexity index is 697. The zero-order valence-electron chi connectivity index (χ0n) is 16.5. The number of likely N-dealkylation sites (tertiary alicyclic amines) is 1. The number of hydrogen-bond donors (Lipinski definition) is 2. The van der Waals surface area contributed by atoms with Gasteiger partial charge in [0.05, 0.1) is 12.6 Å². The lowest BCUT2D eigenvalue weighted by atomic mass is 10.2. The van der Waals surface area contributed by atoms with Crippen LogP contribution in [0.1, 0.15) is 45.5 Å². The van der Waals surface area contributed by atoms with E-state index in [0.717, 1.165) is 5.56 Å². The fourth-order valence-electron chi connectivity index (χ4n) is 2.80. The van der Waals surface area contributed by atoms with Gasteiger partial charge in [0.15, 0.2) is 0 Å². The van der Waals surface area contributed by atoms with Gasteiger partial charge in [-0.1, -0.05) is 12.2 Å². The summed E-state index contributed by atoms with van der Waals surface area (Å²) in [6, 6.07) is -0.736. The number of nitrogens with zero attached hydrogens (tertiary/aromatic N) is 3. The zero-order chi connectivity index (χ0) is 20.2. The van der Waals surface area contributed by atoms with Crippen molar-refractivity contribution in [3.05, 3.63) is 29.9 Å². The molecule has 2 rings (SSSR count). The maximum absolute atomic E-state index is 12.6. The summed E-state index contributed by atoms with van der Waals surface area (Å²) < 4.78 is 5.20. The van der Waals surface area contributed by atoms with Gasteiger partial charge >= 0.3 is 6.09 Å². The molecule has 1 aromatic rings. The summed E-state index contributed by atoms with van der Waals surface area (Å²) in [6.07, 6.45) is 5.66. The number of ether oxygens (including phenoxy) is 1. The summed E-state index contributed by atoms with van der Waals surface area (Å²) in [4.78, 5) is 34.2. The van der Waals surface area contributed by atoms with Gasteiger partial charge in [-0.15, -0.1) is 0 Å². The van der Waals surface area contributed by atoms with Crippen LogP contribution in [0.3, 0.4) is 0 Å². The average molecular weight is 376 g/mol. The summed E-state index contributed by atoms with van der Waals surface area (Å²) in [7, 11) is 0. The molecule has 3 atom stereocenters. The normalized spacial score (nSPS) is 21.6. The summed E-state index contributed by atoms with van der Waals surface area (Å²) in [6.45, 7) is 9.12. The molecule has 1 aliphatic rings. The minimum absolute atomic E-state index is 0.0943. The maximum Gasteiger partial charge on any atom is 0.408 e. The number of carbonyl (C=O) groups is 2. The number of aliphatic hydroxyl groups excluding tert-OH is 1. The zero-order valence-corrected chi connectivity index (χ0v) is 16.5. The van der Waals surface area contributed by atoms with Crippen LogP contribution in [0, 0.1) is 6.92 Å². The smallest absolute Gasteiger partial charge is 0.408 e. The molecular formula is C19H28N4O4. The predicted octanol–water partition coefficient (Wildman–Crippen LogP) is 1.67. The molecule has 2 amide bonds. The van der Waals surface area contributed by atoms with Crippen molar-refractivity contribution in [2.45, 2.75) is 64.8 Å². The summed E-state index contributed by atoms with van der Waals surface area (Å²) >= 11 is 0. The second-order valence-electron chi connectivity index (χ2n) is 7.76. The Labute approximate surface area is 159 Å². The number of alkyl carbamates (subject to hydrolysis) is 1. The van der Waals surface area contributed by atoms with E-state index in [2.05, 4.69) is 15.3 Å². The molecule has 27 heavy (non-hydrogen) atoms. The van der Waals surface area contributed by atoms with Gasteiger partial charge < -0.3 is 20.1 Å². The third-order valence-corrected chi connectivity index (χ3v) is 4.08. The molecule has 1 fully saturated rings. The van der Waals surface area contributed by atoms with Crippen LogP contribution < -0.4 is 5.32 Å². The first-order valence-electron chi connectivity index (χ1n) is 9.00. The fourth-order valence-corrected chi connectivity index (χ4v) is 2.80. The van der Waals surface area contributed by atoms with Crippen LogP contribution in [0.5, 0.6) is 0 Å². The van der Waals surface area contributed by atoms with E-state index in [1.165, 1.54) is 0 Å². The molecule has 0 bridgehead atoms. The number of β-amino-alcohol motifs (C(OH)–C–C–N with tert-alkyl or cyclic N) is 1. The summed E-state index contributed by atoms with van der Waals surface area (Å²) in [5.41, 5.74) is 0.141. The number of amides is 2. The third kappa shape index (κ3) is 6.32. The first-order chi connectivity index (χ1) is 12.5. The molecule has 0 radical (unpaired) electrons. The Morgan fingerprint density at radius 2 is 2.07 bits per heavy atom. The first kappa shape index (κ1) is 20.8. The standard InChI is InChI=1S/C19H28N4O4/c1-12-8-16(22-18(26)27-19(3,4)5)17(25)23(12)11-15(24)7-6-14-9-20-13(2)21-10-14/h6-7,9-10,12,15-16,24H,8,11H2,1-5H3,(H,22,26)/b7-6+/t12-,15+,16+/m1/s1. The number of nitrogens with one attached hydrogen (secondary N) is 1. The van der Waals surface area contributed by atoms with Crippen molar-refractivity contribution in [1.82, 2.24) is 20.2 Å². The average Bonchev–Trinajstić information content (AvgIpc) is 2.80. The molecule has 2 N–H and O–H groups in total. The van der Waals surface area contributed by atoms with Gasteiger partial charge in [-0.25, -0.2) is 14.8 Å². The highest BCUT2D eigenvalue weighted by molar-refractivity contribution is 5.88. The Morgan fingerprint density at radius 1 is 1.44 bits per heavy atom. The van der Waals surface area contributed by atoms with Gasteiger partial charge in [0.25, 0.3) is 0 Å². The van der Waals surface area contributed by atoms with Gasteiger partial charge in [-0.05, 0) is 41.0 Å². The van der Waals surface area contributed by atoms with Crippen LogP contribution in [-0.4, -0.2) is 62.3 Å². The van der Waals surface area contributed by atoms with Crippen molar-refractivity contribution in [3.8, 4) is 0 Å². The Morgan fingerprint density at radius 3 is 2.67 bits per heavy atom. The highest BCUT2D eigenvalue weighted by Gasteiger charge is 2.39. The minimum Gasteiger partial charge on any atom is -0.444 e. The highest BCUT2D eigenvalue weighted by atomic mass is 16.6. The number of aryl methyl sites for hydroxylation is 1. The minimum atomic E-state index is -0.835. The molecule has 148 valence electrons. The fraction of sp³-hybridized carbons (Fsp3) is 0.579. The molecule has 0 saturated carbocycles. The molecule has 1 saturated heterocycles. The van der Waals surface area contributed by atoms with E-state index in [9.17, 15) is 14.7 Å². The quantitative estimate of drug-likeness (QED) is 0.810. The number of carbonyl (C=O) groups excluding carboxylic acids is 2. The molecule has 1 aromatic heterocycles. The van der Waals surface area contributed by atoms with Crippen molar-refractivity contribution >= 4 is 18.1 Å². The SMILES string of the molecule is Cc1ncc(/C=C/[C@H](O)CN2C(=O)[C@@H](NC(=O)OC(C)(C)C)C[C@H]2C)cn1. The van der Waals surface area contributed by atoms with Crippen LogP contribution in [0.2, 0.25) is 0 Å². The van der Waals surface area contributed by atoms with Crippen molar-refractivity contribution in [2.75, 3.05) is 6.54 Å². The molecule has 8 nitrogen and oxygen atoms in total. The maximum atomic E-state index is 12.6. The van der Waals surface area contributed by atoms with Crippen LogP contribution in [-0.2, 0) is 9.53 Å². The molecule has 0 aromatic carbocycles. The summed E-state index contributed by atoms with van der Waals surface area (Å²) in [5.74, 6) is 0.451. The second kappa shape index (κ2) is 8.47. The molecule has 0 spiro atoms. The van der Waals surface area contributed by atoms with Gasteiger partial charge in [-0.2, -0.15) is 0 Å². The topological polar surface area (TPSA) is 105 Å². The predicted molar refractivity (Wildman–Crippen MR) is 101 cm³/mol. The van der Waals surface area contributed by atoms with E-state index in [-0.39, 0.29) is 18.5 Å². The molecule has 8 heteroatoms. The number of aliphatic hydroxyl groups is 1. The third-order valence-electron chi connectivity index (χ3n) is 4.08. The van der Waals surface area contributed by atoms with E-state index in [1.807, 2.05) is 6.92 Å². The Balaban J connectivity index is 1.91. The van der Waals surface area contributed by atoms with Gasteiger partial charge in [0.2, 0.25) is 5.91 Å². The number of aromatic nitrogens is 2. The monoisotopic (exact) mass is 376 g/mol. The van der Waals surface area contributed by atoms with Gasteiger partial charge in [0, 0.05) is 24.0 Å². The molecular weight excluding hydrogens is 348 g/mol. The van der Waals surface area contributed by atoms with Crippen molar-refractivity contribution < 1.29 is 19.4 Å². The largest absolute Gasteiger partial charge is 0.444 e. The number of hydrogen-bond acceptors (Lipinski definition) is 6. The van der Waals surface area contributed by atoms with Crippen molar-refractivity contribution in [3.63, 3.8) is 0 Å². The second-order valence-corrected chi connectivity index (χ2v) is 7.76. The van der Waals surface area contributed by atoms with Crippen LogP contribution in [0.4, 0.5) is 4.79 Å². The van der Waals surface area contributed by atoms with E-state index in [0.29, 0.717) is 12.2 Å². The molecule has 1 aliphatic heterocycles. The van der Waals surface area contributed by atoms with Crippen molar-refractivity contribution in [2.24, 2.45) is 0 Å². The lowest BCUT2D eigenvalue weighted by molar-refractivity contribution is -0.131. The lowest BCUT2D eigenvalue weighted by Crippen LogP contribution is -2.45.